The third-order valence-electron chi connectivity index (χ3n) is 8.85. The van der Waals surface area contributed by atoms with E-state index in [1.165, 1.54) is 47.3 Å². The molecule has 9 heteroatoms. The van der Waals surface area contributed by atoms with E-state index in [2.05, 4.69) is 77.7 Å². The van der Waals surface area contributed by atoms with Crippen molar-refractivity contribution in [1.29, 1.82) is 0 Å². The topological polar surface area (TPSA) is 66.6 Å². The summed E-state index contributed by atoms with van der Waals surface area (Å²) in [4.78, 5) is 32.0. The zero-order chi connectivity index (χ0) is 30.2. The summed E-state index contributed by atoms with van der Waals surface area (Å²) in [5, 5.41) is 0. The van der Waals surface area contributed by atoms with Crippen LogP contribution in [0.4, 0.5) is 11.4 Å². The summed E-state index contributed by atoms with van der Waals surface area (Å²) in [6.07, 6.45) is 2.87. The molecule has 0 aliphatic carbocycles. The maximum atomic E-state index is 5.06. The molecular formula is C37H23BN6S2. The van der Waals surface area contributed by atoms with E-state index in [-0.39, 0.29) is 6.71 Å². The van der Waals surface area contributed by atoms with Crippen molar-refractivity contribution in [3.63, 3.8) is 0 Å². The summed E-state index contributed by atoms with van der Waals surface area (Å²) in [6.45, 7) is 0.901. The third-order valence-corrected chi connectivity index (χ3v) is 11.1. The van der Waals surface area contributed by atoms with Gasteiger partial charge in [-0.1, -0.05) is 96.3 Å². The second-order valence-corrected chi connectivity index (χ2v) is 13.7. The van der Waals surface area contributed by atoms with Gasteiger partial charge in [-0.3, -0.25) is 9.89 Å². The molecule has 4 aliphatic heterocycles. The number of rotatable bonds is 3. The predicted molar refractivity (Wildman–Crippen MR) is 189 cm³/mol. The molecule has 0 unspecified atom stereocenters. The maximum absolute atomic E-state index is 5.06. The first-order valence-electron chi connectivity index (χ1n) is 15.3. The Hall–Kier alpha value is -4.99. The second kappa shape index (κ2) is 10.3. The summed E-state index contributed by atoms with van der Waals surface area (Å²) < 4.78 is 0. The first-order valence-corrected chi connectivity index (χ1v) is 17.0. The highest BCUT2D eigenvalue weighted by atomic mass is 32.2. The number of hydrogen-bond donors (Lipinski definition) is 0. The minimum atomic E-state index is 0.140. The van der Waals surface area contributed by atoms with Crippen LogP contribution in [-0.4, -0.2) is 40.4 Å². The summed E-state index contributed by atoms with van der Waals surface area (Å²) >= 11 is 3.67. The lowest BCUT2D eigenvalue weighted by molar-refractivity contribution is 1.01. The molecule has 10 rings (SSSR count). The van der Waals surface area contributed by atoms with E-state index in [0.29, 0.717) is 17.5 Å². The largest absolute Gasteiger partial charge is 0.280 e. The molecule has 0 radical (unpaired) electrons. The molecule has 0 saturated carbocycles. The highest BCUT2D eigenvalue weighted by molar-refractivity contribution is 8.01. The fraction of sp³-hybridized carbons (Fsp3) is 0.0541. The Bertz CT molecular complexity index is 2150. The van der Waals surface area contributed by atoms with Crippen LogP contribution in [0.5, 0.6) is 0 Å². The van der Waals surface area contributed by atoms with E-state index < -0.39 is 0 Å². The molecule has 6 aromatic rings. The standard InChI is InChI=1S/C37H23BN6S2/c1-3-10-22(11-4-1)34-41-35(23-12-5-2-6-13-23)43-36(42-34)24-20-29-33-30(21-24)46-28-17-8-15-26-32(28)38(33)31-25(14-7-16-27(31)45-29)44(26)37-39-18-9-19-40-37/h1-8,10-18,20-21H,9,19H2. The number of guanidine groups is 1. The molecule has 6 nitrogen and oxygen atoms in total. The lowest BCUT2D eigenvalue weighted by Crippen LogP contribution is -2.63. The van der Waals surface area contributed by atoms with Gasteiger partial charge in [0.1, 0.15) is 0 Å². The zero-order valence-electron chi connectivity index (χ0n) is 24.5. The first kappa shape index (κ1) is 26.3. The van der Waals surface area contributed by atoms with Crippen molar-refractivity contribution in [2.75, 3.05) is 11.4 Å². The van der Waals surface area contributed by atoms with Crippen LogP contribution in [0.2, 0.25) is 0 Å². The Morgan fingerprint density at radius 2 is 1.09 bits per heavy atom. The molecular weight excluding hydrogens is 603 g/mol. The number of hydrogen-bond acceptors (Lipinski definition) is 8. The normalized spacial score (nSPS) is 15.0. The molecule has 0 fully saturated rings. The van der Waals surface area contributed by atoms with Gasteiger partial charge in [0.2, 0.25) is 5.96 Å². The van der Waals surface area contributed by atoms with Gasteiger partial charge in [-0.05, 0) is 52.8 Å². The molecule has 5 heterocycles. The van der Waals surface area contributed by atoms with Crippen LogP contribution in [0.15, 0.2) is 139 Å². The van der Waals surface area contributed by atoms with Crippen LogP contribution in [0, 0.1) is 0 Å². The molecule has 216 valence electrons. The van der Waals surface area contributed by atoms with E-state index in [0.717, 1.165) is 35.6 Å². The van der Waals surface area contributed by atoms with Gasteiger partial charge in [-0.15, -0.1) is 0 Å². The van der Waals surface area contributed by atoms with Crippen molar-refractivity contribution >= 4 is 70.2 Å². The second-order valence-electron chi connectivity index (χ2n) is 11.6. The molecule has 5 aromatic carbocycles. The first-order chi connectivity index (χ1) is 22.8. The maximum Gasteiger partial charge on any atom is 0.252 e. The van der Waals surface area contributed by atoms with Crippen molar-refractivity contribution in [2.24, 2.45) is 9.98 Å². The number of anilines is 2. The highest BCUT2D eigenvalue weighted by Crippen LogP contribution is 2.46. The lowest BCUT2D eigenvalue weighted by Gasteiger charge is -2.42. The highest BCUT2D eigenvalue weighted by Gasteiger charge is 2.46. The molecule has 0 atom stereocenters. The van der Waals surface area contributed by atoms with Crippen LogP contribution in [0.3, 0.4) is 0 Å². The quantitative estimate of drug-likeness (QED) is 0.206. The van der Waals surface area contributed by atoms with Gasteiger partial charge in [0.25, 0.3) is 6.71 Å². The smallest absolute Gasteiger partial charge is 0.252 e. The Morgan fingerprint density at radius 3 is 1.61 bits per heavy atom. The fourth-order valence-electron chi connectivity index (χ4n) is 6.89. The van der Waals surface area contributed by atoms with Gasteiger partial charge in [0.15, 0.2) is 17.5 Å². The van der Waals surface area contributed by atoms with Crippen molar-refractivity contribution in [3.8, 4) is 34.2 Å². The van der Waals surface area contributed by atoms with E-state index in [1.54, 1.807) is 0 Å². The Labute approximate surface area is 274 Å². The summed E-state index contributed by atoms with van der Waals surface area (Å²) in [6, 6.07) is 38.2. The van der Waals surface area contributed by atoms with Gasteiger partial charge in [0.05, 0.1) is 0 Å². The number of benzene rings is 5. The molecule has 0 N–H and O–H groups in total. The number of nitrogens with zero attached hydrogens (tertiary/aromatic N) is 6. The van der Waals surface area contributed by atoms with Gasteiger partial charge in [0, 0.05) is 66.8 Å². The minimum absolute atomic E-state index is 0.140. The van der Waals surface area contributed by atoms with Crippen LogP contribution in [0.1, 0.15) is 6.42 Å². The van der Waals surface area contributed by atoms with Crippen LogP contribution >= 0.6 is 23.5 Å². The molecule has 46 heavy (non-hydrogen) atoms. The van der Waals surface area contributed by atoms with E-state index in [4.69, 9.17) is 24.9 Å². The Kier molecular flexibility index (Phi) is 5.86. The Balaban J connectivity index is 1.18. The fourth-order valence-corrected chi connectivity index (χ4v) is 9.43. The van der Waals surface area contributed by atoms with Crippen molar-refractivity contribution in [3.05, 3.63) is 109 Å². The van der Waals surface area contributed by atoms with Crippen molar-refractivity contribution < 1.29 is 0 Å². The molecule has 0 spiro atoms. The van der Waals surface area contributed by atoms with Crippen LogP contribution in [-0.2, 0) is 0 Å². The molecule has 0 amide bonds. The summed E-state index contributed by atoms with van der Waals surface area (Å²) in [7, 11) is 0. The van der Waals surface area contributed by atoms with Crippen LogP contribution < -0.4 is 21.3 Å². The van der Waals surface area contributed by atoms with Gasteiger partial charge in [-0.2, -0.15) is 0 Å². The molecule has 0 saturated heterocycles. The summed E-state index contributed by atoms with van der Waals surface area (Å²) in [5.74, 6) is 2.78. The number of aliphatic imine (C=N–C) groups is 2. The van der Waals surface area contributed by atoms with Crippen molar-refractivity contribution in [2.45, 2.75) is 26.0 Å². The Morgan fingerprint density at radius 1 is 0.543 bits per heavy atom. The van der Waals surface area contributed by atoms with Gasteiger partial charge in [-0.25, -0.2) is 19.9 Å². The van der Waals surface area contributed by atoms with Crippen LogP contribution in [0.25, 0.3) is 34.2 Å². The molecule has 0 bridgehead atoms. The molecule has 1 aromatic heterocycles. The zero-order valence-corrected chi connectivity index (χ0v) is 26.1. The average molecular weight is 627 g/mol. The van der Waals surface area contributed by atoms with E-state index >= 15 is 0 Å². The SMILES string of the molecule is C1=NC(N2c3cccc4c3B3c5c(cc(-c6nc(-c7ccccc7)nc(-c7ccccc7)n6)cc5Sc5cccc2c53)S4)=NCC1. The minimum Gasteiger partial charge on any atom is -0.280 e. The van der Waals surface area contributed by atoms with E-state index in [1.807, 2.05) is 66.1 Å². The van der Waals surface area contributed by atoms with Gasteiger partial charge >= 0.3 is 0 Å². The third kappa shape index (κ3) is 3.98. The monoisotopic (exact) mass is 626 g/mol. The number of aromatic nitrogens is 3. The predicted octanol–water partition coefficient (Wildman–Crippen LogP) is 6.60. The average Bonchev–Trinajstić information content (AvgIpc) is 3.12. The molecule has 4 aliphatic rings. The van der Waals surface area contributed by atoms with Crippen molar-refractivity contribution in [1.82, 2.24) is 15.0 Å². The summed E-state index contributed by atoms with van der Waals surface area (Å²) in [5.41, 5.74) is 9.32. The van der Waals surface area contributed by atoms with Gasteiger partial charge < -0.3 is 0 Å². The van der Waals surface area contributed by atoms with E-state index in [9.17, 15) is 0 Å². The lowest BCUT2D eigenvalue weighted by atomic mass is 9.34.